The van der Waals surface area contributed by atoms with Gasteiger partial charge in [0.25, 0.3) is 0 Å². The van der Waals surface area contributed by atoms with Crippen molar-refractivity contribution in [2.24, 2.45) is 0 Å². The predicted molar refractivity (Wildman–Crippen MR) is 112 cm³/mol. The van der Waals surface area contributed by atoms with Crippen LogP contribution in [-0.4, -0.2) is 30.2 Å². The van der Waals surface area contributed by atoms with Crippen molar-refractivity contribution in [3.63, 3.8) is 0 Å². The van der Waals surface area contributed by atoms with E-state index in [0.717, 1.165) is 40.6 Å². The van der Waals surface area contributed by atoms with Gasteiger partial charge in [-0.25, -0.2) is 9.97 Å². The second kappa shape index (κ2) is 9.35. The molecule has 140 valence electrons. The Morgan fingerprint density at radius 2 is 1.78 bits per heavy atom. The predicted octanol–water partition coefficient (Wildman–Crippen LogP) is 5.30. The van der Waals surface area contributed by atoms with Crippen LogP contribution in [0.3, 0.4) is 0 Å². The molecule has 0 aliphatic carbocycles. The SMILES string of the molecule is COCCCNc1cc(Nc2ccc(C)c(Cl)c2)nc(-c2ccccc2)n1. The van der Waals surface area contributed by atoms with Gasteiger partial charge in [-0.3, -0.25) is 0 Å². The Bertz CT molecular complexity index is 887. The van der Waals surface area contributed by atoms with Crippen molar-refractivity contribution >= 4 is 28.9 Å². The second-order valence-corrected chi connectivity index (χ2v) is 6.60. The number of hydrogen-bond donors (Lipinski definition) is 2. The van der Waals surface area contributed by atoms with Crippen LogP contribution in [0.5, 0.6) is 0 Å². The largest absolute Gasteiger partial charge is 0.385 e. The van der Waals surface area contributed by atoms with Crippen LogP contribution in [0.2, 0.25) is 5.02 Å². The van der Waals surface area contributed by atoms with Crippen LogP contribution >= 0.6 is 11.6 Å². The van der Waals surface area contributed by atoms with Gasteiger partial charge in [0, 0.05) is 42.6 Å². The molecular formula is C21H23ClN4O. The zero-order valence-electron chi connectivity index (χ0n) is 15.5. The van der Waals surface area contributed by atoms with E-state index in [1.54, 1.807) is 7.11 Å². The zero-order chi connectivity index (χ0) is 19.1. The summed E-state index contributed by atoms with van der Waals surface area (Å²) in [5.74, 6) is 2.13. The zero-order valence-corrected chi connectivity index (χ0v) is 16.3. The van der Waals surface area contributed by atoms with E-state index in [1.807, 2.05) is 61.5 Å². The number of benzene rings is 2. The summed E-state index contributed by atoms with van der Waals surface area (Å²) in [6.45, 7) is 3.46. The molecule has 3 rings (SSSR count). The Morgan fingerprint density at radius 3 is 2.52 bits per heavy atom. The average Bonchev–Trinajstić information content (AvgIpc) is 2.69. The van der Waals surface area contributed by atoms with Gasteiger partial charge in [-0.05, 0) is 31.0 Å². The Labute approximate surface area is 164 Å². The van der Waals surface area contributed by atoms with Gasteiger partial charge in [-0.1, -0.05) is 48.0 Å². The van der Waals surface area contributed by atoms with Crippen molar-refractivity contribution in [2.45, 2.75) is 13.3 Å². The Hall–Kier alpha value is -2.63. The van der Waals surface area contributed by atoms with Crippen molar-refractivity contribution in [3.05, 3.63) is 65.2 Å². The maximum atomic E-state index is 6.24. The molecule has 0 bridgehead atoms. The molecular weight excluding hydrogens is 360 g/mol. The lowest BCUT2D eigenvalue weighted by molar-refractivity contribution is 0.198. The highest BCUT2D eigenvalue weighted by Crippen LogP contribution is 2.25. The molecule has 5 nitrogen and oxygen atoms in total. The van der Waals surface area contributed by atoms with Gasteiger partial charge in [-0.15, -0.1) is 0 Å². The number of aromatic nitrogens is 2. The fraction of sp³-hybridized carbons (Fsp3) is 0.238. The van der Waals surface area contributed by atoms with Crippen LogP contribution in [0.4, 0.5) is 17.3 Å². The van der Waals surface area contributed by atoms with Gasteiger partial charge >= 0.3 is 0 Å². The van der Waals surface area contributed by atoms with E-state index in [4.69, 9.17) is 16.3 Å². The van der Waals surface area contributed by atoms with Crippen LogP contribution in [0.25, 0.3) is 11.4 Å². The minimum atomic E-state index is 0.660. The topological polar surface area (TPSA) is 59.1 Å². The molecule has 1 heterocycles. The molecule has 0 saturated carbocycles. The minimum absolute atomic E-state index is 0.660. The molecule has 0 fully saturated rings. The summed E-state index contributed by atoms with van der Waals surface area (Å²) in [6.07, 6.45) is 0.900. The number of anilines is 3. The number of nitrogens with zero attached hydrogens (tertiary/aromatic N) is 2. The standard InChI is InChI=1S/C21H23ClN4O/c1-15-9-10-17(13-18(15)22)24-20-14-19(23-11-6-12-27-2)25-21(26-20)16-7-4-3-5-8-16/h3-5,7-10,13-14H,6,11-12H2,1-2H3,(H2,23,24,25,26). The number of nitrogens with one attached hydrogen (secondary N) is 2. The molecule has 0 amide bonds. The quantitative estimate of drug-likeness (QED) is 0.518. The van der Waals surface area contributed by atoms with Gasteiger partial charge in [0.05, 0.1) is 0 Å². The molecule has 0 saturated heterocycles. The molecule has 0 aliphatic heterocycles. The third-order valence-electron chi connectivity index (χ3n) is 4.03. The van der Waals surface area contributed by atoms with Crippen molar-refractivity contribution in [3.8, 4) is 11.4 Å². The van der Waals surface area contributed by atoms with Crippen molar-refractivity contribution in [1.29, 1.82) is 0 Å². The molecule has 27 heavy (non-hydrogen) atoms. The van der Waals surface area contributed by atoms with Gasteiger partial charge in [0.1, 0.15) is 11.6 Å². The summed E-state index contributed by atoms with van der Waals surface area (Å²) in [5, 5.41) is 7.38. The van der Waals surface area contributed by atoms with E-state index in [-0.39, 0.29) is 0 Å². The molecule has 0 unspecified atom stereocenters. The van der Waals surface area contributed by atoms with Crippen LogP contribution in [0.15, 0.2) is 54.6 Å². The van der Waals surface area contributed by atoms with Crippen LogP contribution in [0, 0.1) is 6.92 Å². The van der Waals surface area contributed by atoms with Gasteiger partial charge in [-0.2, -0.15) is 0 Å². The average molecular weight is 383 g/mol. The summed E-state index contributed by atoms with van der Waals surface area (Å²) >= 11 is 6.24. The van der Waals surface area contributed by atoms with Crippen LogP contribution in [0.1, 0.15) is 12.0 Å². The smallest absolute Gasteiger partial charge is 0.163 e. The Kier molecular flexibility index (Phi) is 6.63. The van der Waals surface area contributed by atoms with Crippen LogP contribution < -0.4 is 10.6 Å². The molecule has 0 spiro atoms. The fourth-order valence-electron chi connectivity index (χ4n) is 2.57. The third-order valence-corrected chi connectivity index (χ3v) is 4.44. The fourth-order valence-corrected chi connectivity index (χ4v) is 2.75. The summed E-state index contributed by atoms with van der Waals surface area (Å²) in [7, 11) is 1.70. The number of ether oxygens (including phenoxy) is 1. The first-order valence-corrected chi connectivity index (χ1v) is 9.24. The summed E-state index contributed by atoms with van der Waals surface area (Å²) in [5.41, 5.74) is 2.88. The van der Waals surface area contributed by atoms with Crippen molar-refractivity contribution in [1.82, 2.24) is 9.97 Å². The van der Waals surface area contributed by atoms with E-state index in [2.05, 4.69) is 20.6 Å². The molecule has 1 aromatic heterocycles. The van der Waals surface area contributed by atoms with Crippen molar-refractivity contribution in [2.75, 3.05) is 30.9 Å². The molecule has 3 aromatic rings. The maximum absolute atomic E-state index is 6.24. The molecule has 0 aliphatic rings. The highest BCUT2D eigenvalue weighted by Gasteiger charge is 2.08. The molecule has 2 aromatic carbocycles. The van der Waals surface area contributed by atoms with E-state index in [1.165, 1.54) is 0 Å². The number of aryl methyl sites for hydroxylation is 1. The van der Waals surface area contributed by atoms with Crippen molar-refractivity contribution < 1.29 is 4.74 Å². The normalized spacial score (nSPS) is 10.6. The second-order valence-electron chi connectivity index (χ2n) is 6.19. The number of methoxy groups -OCH3 is 1. The third kappa shape index (κ3) is 5.42. The Balaban J connectivity index is 1.87. The van der Waals surface area contributed by atoms with E-state index >= 15 is 0 Å². The highest BCUT2D eigenvalue weighted by atomic mass is 35.5. The molecule has 0 atom stereocenters. The van der Waals surface area contributed by atoms with E-state index in [0.29, 0.717) is 18.2 Å². The first-order valence-electron chi connectivity index (χ1n) is 8.86. The van der Waals surface area contributed by atoms with Gasteiger partial charge in [0.15, 0.2) is 5.82 Å². The lowest BCUT2D eigenvalue weighted by atomic mass is 10.2. The van der Waals surface area contributed by atoms with E-state index < -0.39 is 0 Å². The number of hydrogen-bond acceptors (Lipinski definition) is 5. The lowest BCUT2D eigenvalue weighted by Crippen LogP contribution is -2.08. The highest BCUT2D eigenvalue weighted by molar-refractivity contribution is 6.31. The lowest BCUT2D eigenvalue weighted by Gasteiger charge is -2.12. The minimum Gasteiger partial charge on any atom is -0.385 e. The van der Waals surface area contributed by atoms with Crippen LogP contribution in [-0.2, 0) is 4.74 Å². The van der Waals surface area contributed by atoms with Gasteiger partial charge in [0.2, 0.25) is 0 Å². The summed E-state index contributed by atoms with van der Waals surface area (Å²) in [6, 6.07) is 17.7. The first kappa shape index (κ1) is 19.1. The summed E-state index contributed by atoms with van der Waals surface area (Å²) in [4.78, 5) is 9.31. The maximum Gasteiger partial charge on any atom is 0.163 e. The number of rotatable bonds is 8. The molecule has 2 N–H and O–H groups in total. The first-order chi connectivity index (χ1) is 13.2. The van der Waals surface area contributed by atoms with Gasteiger partial charge < -0.3 is 15.4 Å². The molecule has 6 heteroatoms. The Morgan fingerprint density at radius 1 is 1.00 bits per heavy atom. The summed E-state index contributed by atoms with van der Waals surface area (Å²) < 4.78 is 5.10. The van der Waals surface area contributed by atoms with E-state index in [9.17, 15) is 0 Å². The molecule has 0 radical (unpaired) electrons. The monoisotopic (exact) mass is 382 g/mol. The number of halogens is 1.